The third kappa shape index (κ3) is 3.78. The number of carbonyl (C=O) groups is 1. The van der Waals surface area contributed by atoms with E-state index < -0.39 is 0 Å². The van der Waals surface area contributed by atoms with Crippen LogP contribution in [-0.4, -0.2) is 30.6 Å². The summed E-state index contributed by atoms with van der Waals surface area (Å²) in [4.78, 5) is 32.7. The summed E-state index contributed by atoms with van der Waals surface area (Å²) >= 11 is 6.55. The number of thiocarbonyl (C=S) groups is 1. The minimum Gasteiger partial charge on any atom is -0.467 e. The van der Waals surface area contributed by atoms with Gasteiger partial charge in [0.25, 0.3) is 11.5 Å². The fourth-order valence-corrected chi connectivity index (χ4v) is 4.67. The third-order valence-electron chi connectivity index (χ3n) is 4.63. The van der Waals surface area contributed by atoms with Crippen molar-refractivity contribution >= 4 is 51.7 Å². The summed E-state index contributed by atoms with van der Waals surface area (Å²) in [7, 11) is 0. The van der Waals surface area contributed by atoms with E-state index in [1.165, 1.54) is 16.2 Å². The molecule has 7 nitrogen and oxygen atoms in total. The van der Waals surface area contributed by atoms with Crippen LogP contribution in [0.2, 0.25) is 0 Å². The van der Waals surface area contributed by atoms with Gasteiger partial charge in [-0.3, -0.25) is 18.9 Å². The Labute approximate surface area is 182 Å². The van der Waals surface area contributed by atoms with Gasteiger partial charge in [0.1, 0.15) is 21.5 Å². The number of hydrogen-bond acceptors (Lipinski definition) is 7. The Kier molecular flexibility index (Phi) is 5.48. The van der Waals surface area contributed by atoms with Gasteiger partial charge < -0.3 is 9.73 Å². The lowest BCUT2D eigenvalue weighted by Gasteiger charge is -2.18. The maximum atomic E-state index is 13.3. The molecule has 1 saturated heterocycles. The topological polar surface area (TPSA) is 79.8 Å². The summed E-state index contributed by atoms with van der Waals surface area (Å²) in [5.74, 6) is 0.888. The molecule has 4 heterocycles. The number of hydrogen-bond donors (Lipinski definition) is 1. The molecule has 3 aromatic rings. The number of carbonyl (C=O) groups excluding carboxylic acids is 1. The number of rotatable bonds is 5. The van der Waals surface area contributed by atoms with Crippen LogP contribution in [0.4, 0.5) is 5.82 Å². The number of aromatic nitrogens is 2. The van der Waals surface area contributed by atoms with Crippen molar-refractivity contribution in [3.05, 3.63) is 68.9 Å². The average molecular weight is 441 g/mol. The van der Waals surface area contributed by atoms with Crippen molar-refractivity contribution in [2.24, 2.45) is 0 Å². The standard InChI is InChI=1S/C21H20N4O3S2/c1-12(2)25-20(27)16(30-21(25)29)9-15-18(22-10-14-5-4-8-28-14)23-17-7-6-13(3)11-24(17)19(15)26/h4-9,11-12,22H,10H2,1-3H3. The highest BCUT2D eigenvalue weighted by Crippen LogP contribution is 2.34. The normalized spacial score (nSPS) is 15.7. The van der Waals surface area contributed by atoms with Crippen LogP contribution in [0.5, 0.6) is 0 Å². The van der Waals surface area contributed by atoms with E-state index in [2.05, 4.69) is 10.3 Å². The number of aryl methyl sites for hydroxylation is 1. The molecule has 154 valence electrons. The van der Waals surface area contributed by atoms with Crippen molar-refractivity contribution in [2.45, 2.75) is 33.4 Å². The second-order valence-corrected chi connectivity index (χ2v) is 8.87. The molecule has 30 heavy (non-hydrogen) atoms. The second-order valence-electron chi connectivity index (χ2n) is 7.19. The Balaban J connectivity index is 1.83. The Hall–Kier alpha value is -2.91. The SMILES string of the molecule is Cc1ccc2nc(NCc3ccco3)c(C=C3SC(=S)N(C(C)C)C3=O)c(=O)n2c1. The molecule has 0 saturated carbocycles. The number of fused-ring (bicyclic) bond motifs is 1. The lowest BCUT2D eigenvalue weighted by molar-refractivity contribution is -0.123. The molecule has 0 bridgehead atoms. The van der Waals surface area contributed by atoms with Crippen LogP contribution >= 0.6 is 24.0 Å². The summed E-state index contributed by atoms with van der Waals surface area (Å²) < 4.78 is 7.33. The van der Waals surface area contributed by atoms with Gasteiger partial charge in [-0.2, -0.15) is 0 Å². The zero-order chi connectivity index (χ0) is 21.4. The number of anilines is 1. The molecular weight excluding hydrogens is 420 g/mol. The van der Waals surface area contributed by atoms with E-state index in [0.29, 0.717) is 38.6 Å². The molecule has 3 aromatic heterocycles. The minimum absolute atomic E-state index is 0.0570. The smallest absolute Gasteiger partial charge is 0.267 e. The molecule has 1 aliphatic heterocycles. The largest absolute Gasteiger partial charge is 0.467 e. The summed E-state index contributed by atoms with van der Waals surface area (Å²) in [6.45, 7) is 6.07. The molecule has 1 aliphatic rings. The summed E-state index contributed by atoms with van der Waals surface area (Å²) in [5.41, 5.74) is 1.48. The van der Waals surface area contributed by atoms with Crippen LogP contribution in [0.1, 0.15) is 30.7 Å². The van der Waals surface area contributed by atoms with Crippen molar-refractivity contribution < 1.29 is 9.21 Å². The predicted molar refractivity (Wildman–Crippen MR) is 122 cm³/mol. The van der Waals surface area contributed by atoms with Gasteiger partial charge in [0, 0.05) is 12.2 Å². The van der Waals surface area contributed by atoms with E-state index in [1.54, 1.807) is 35.6 Å². The molecule has 0 unspecified atom stereocenters. The molecule has 0 aromatic carbocycles. The van der Waals surface area contributed by atoms with Crippen LogP contribution in [0.3, 0.4) is 0 Å². The lowest BCUT2D eigenvalue weighted by Crippen LogP contribution is -2.34. The van der Waals surface area contributed by atoms with Gasteiger partial charge in [-0.15, -0.1) is 0 Å². The molecule has 1 amide bonds. The molecule has 1 N–H and O–H groups in total. The van der Waals surface area contributed by atoms with Gasteiger partial charge in [0.05, 0.1) is 23.3 Å². The molecule has 4 rings (SSSR count). The fourth-order valence-electron chi connectivity index (χ4n) is 3.16. The quantitative estimate of drug-likeness (QED) is 0.477. The van der Waals surface area contributed by atoms with E-state index in [1.807, 2.05) is 32.9 Å². The van der Waals surface area contributed by atoms with E-state index in [9.17, 15) is 9.59 Å². The van der Waals surface area contributed by atoms with Crippen molar-refractivity contribution in [3.8, 4) is 0 Å². The van der Waals surface area contributed by atoms with Gasteiger partial charge in [-0.1, -0.05) is 30.0 Å². The first kappa shape index (κ1) is 20.4. The van der Waals surface area contributed by atoms with E-state index >= 15 is 0 Å². The zero-order valence-corrected chi connectivity index (χ0v) is 18.3. The van der Waals surface area contributed by atoms with E-state index in [4.69, 9.17) is 16.6 Å². The van der Waals surface area contributed by atoms with Gasteiger partial charge in [0.2, 0.25) is 0 Å². The number of furan rings is 1. The van der Waals surface area contributed by atoms with Crippen molar-refractivity contribution in [3.63, 3.8) is 0 Å². The molecule has 1 fully saturated rings. The molecule has 9 heteroatoms. The number of nitrogens with zero attached hydrogens (tertiary/aromatic N) is 3. The van der Waals surface area contributed by atoms with Crippen LogP contribution < -0.4 is 10.9 Å². The van der Waals surface area contributed by atoms with Crippen molar-refractivity contribution in [2.75, 3.05) is 5.32 Å². The van der Waals surface area contributed by atoms with Crippen molar-refractivity contribution in [1.29, 1.82) is 0 Å². The Morgan fingerprint density at radius 1 is 1.30 bits per heavy atom. The third-order valence-corrected chi connectivity index (χ3v) is 5.96. The van der Waals surface area contributed by atoms with Gasteiger partial charge in [-0.05, 0) is 50.6 Å². The monoisotopic (exact) mass is 440 g/mol. The maximum absolute atomic E-state index is 13.3. The molecule has 0 atom stereocenters. The predicted octanol–water partition coefficient (Wildman–Crippen LogP) is 3.82. The molecule has 0 aliphatic carbocycles. The Morgan fingerprint density at radius 2 is 2.10 bits per heavy atom. The zero-order valence-electron chi connectivity index (χ0n) is 16.7. The average Bonchev–Trinajstić information content (AvgIpc) is 3.31. The number of amides is 1. The van der Waals surface area contributed by atoms with Crippen LogP contribution in [0.15, 0.2) is 50.8 Å². The Morgan fingerprint density at radius 3 is 2.77 bits per heavy atom. The minimum atomic E-state index is -0.263. The second kappa shape index (κ2) is 8.08. The summed E-state index contributed by atoms with van der Waals surface area (Å²) in [5, 5.41) is 3.17. The lowest BCUT2D eigenvalue weighted by atomic mass is 10.2. The number of thioether (sulfide) groups is 1. The molecular formula is C21H20N4O3S2. The maximum Gasteiger partial charge on any atom is 0.267 e. The summed E-state index contributed by atoms with van der Waals surface area (Å²) in [6.07, 6.45) is 4.90. The first-order valence-electron chi connectivity index (χ1n) is 9.41. The van der Waals surface area contributed by atoms with Gasteiger partial charge in [-0.25, -0.2) is 4.98 Å². The van der Waals surface area contributed by atoms with Crippen molar-refractivity contribution in [1.82, 2.24) is 14.3 Å². The number of nitrogens with one attached hydrogen (secondary N) is 1. The first-order valence-corrected chi connectivity index (χ1v) is 10.6. The van der Waals surface area contributed by atoms with Crippen LogP contribution in [0, 0.1) is 6.92 Å². The highest BCUT2D eigenvalue weighted by molar-refractivity contribution is 8.26. The highest BCUT2D eigenvalue weighted by atomic mass is 32.2. The van der Waals surface area contributed by atoms with Crippen LogP contribution in [-0.2, 0) is 11.3 Å². The molecule has 0 radical (unpaired) electrons. The highest BCUT2D eigenvalue weighted by Gasteiger charge is 2.34. The fraction of sp³-hybridized carbons (Fsp3) is 0.238. The van der Waals surface area contributed by atoms with Crippen LogP contribution in [0.25, 0.3) is 11.7 Å². The Bertz CT molecular complexity index is 1230. The van der Waals surface area contributed by atoms with E-state index in [-0.39, 0.29) is 17.5 Å². The first-order chi connectivity index (χ1) is 14.3. The summed E-state index contributed by atoms with van der Waals surface area (Å²) in [6, 6.07) is 7.25. The molecule has 0 spiro atoms. The number of pyridine rings is 1. The van der Waals surface area contributed by atoms with Gasteiger partial charge >= 0.3 is 0 Å². The van der Waals surface area contributed by atoms with Gasteiger partial charge in [0.15, 0.2) is 0 Å². The van der Waals surface area contributed by atoms with E-state index in [0.717, 1.165) is 5.56 Å².